The van der Waals surface area contributed by atoms with Gasteiger partial charge in [-0.15, -0.1) is 0 Å². The van der Waals surface area contributed by atoms with Crippen molar-refractivity contribution in [2.75, 3.05) is 10.6 Å². The highest BCUT2D eigenvalue weighted by atomic mass is 14.9. The van der Waals surface area contributed by atoms with Crippen molar-refractivity contribution in [1.82, 2.24) is 0 Å². The molecule has 7 aromatic rings. The Morgan fingerprint density at radius 3 is 0.639 bits per heavy atom. The Morgan fingerprint density at radius 1 is 0.222 bits per heavy atom. The van der Waals surface area contributed by atoms with E-state index in [-0.39, 0.29) is 37.9 Å². The molecule has 2 N–H and O–H groups in total. The summed E-state index contributed by atoms with van der Waals surface area (Å²) in [6, 6.07) is 53.7. The lowest BCUT2D eigenvalue weighted by Gasteiger charge is -2.28. The Bertz CT molecular complexity index is 2730. The molecule has 7 rings (SSSR count). The number of benzene rings is 7. The average molecular weight is 957 g/mol. The first-order chi connectivity index (χ1) is 33.1. The highest BCUT2D eigenvalue weighted by Crippen LogP contribution is 2.48. The summed E-state index contributed by atoms with van der Waals surface area (Å²) in [6.45, 7) is 48.7. The predicted molar refractivity (Wildman–Crippen MR) is 319 cm³/mol. The fourth-order valence-electron chi connectivity index (χ4n) is 9.44. The molecule has 72 heavy (non-hydrogen) atoms. The first kappa shape index (κ1) is 53.9. The summed E-state index contributed by atoms with van der Waals surface area (Å²) in [6.07, 6.45) is 0. The minimum Gasteiger partial charge on any atom is -0.354 e. The predicted octanol–water partition coefficient (Wildman–Crippen LogP) is 20.9. The van der Waals surface area contributed by atoms with Crippen LogP contribution < -0.4 is 10.6 Å². The Morgan fingerprint density at radius 2 is 0.431 bits per heavy atom. The van der Waals surface area contributed by atoms with Gasteiger partial charge in [-0.2, -0.15) is 0 Å². The molecule has 0 aliphatic rings. The third-order valence-corrected chi connectivity index (χ3v) is 14.5. The zero-order valence-corrected chi connectivity index (χ0v) is 48.3. The van der Waals surface area contributed by atoms with Gasteiger partial charge in [0.2, 0.25) is 0 Å². The molecule has 0 saturated carbocycles. The van der Waals surface area contributed by atoms with Crippen LogP contribution in [0.15, 0.2) is 140 Å². The molecule has 0 bridgehead atoms. The lowest BCUT2D eigenvalue weighted by molar-refractivity contribution is 0.589. The number of hydrogen-bond acceptors (Lipinski definition) is 2. The maximum atomic E-state index is 4.20. The molecule has 0 aromatic heterocycles. The van der Waals surface area contributed by atoms with Crippen molar-refractivity contribution in [3.05, 3.63) is 178 Å². The summed E-state index contributed by atoms with van der Waals surface area (Å²) in [7, 11) is 0. The molecule has 0 radical (unpaired) electrons. The van der Waals surface area contributed by atoms with Gasteiger partial charge in [-0.05, 0) is 142 Å². The smallest absolute Gasteiger partial charge is 0.0543 e. The summed E-state index contributed by atoms with van der Waals surface area (Å²) in [5.41, 5.74) is 22.6. The second-order valence-electron chi connectivity index (χ2n) is 28.0. The standard InChI is InChI=1S/C70H88N2/c1-64(2,3)49-30-22-26-45(34-49)58-40-54(69(16,17)18)41-59(46-27-23-31-50(35-46)65(4,5)6)62(58)71-56-38-53(68(13,14)15)39-57(44-56)72-63-60(47-28-24-32-51(36-47)66(7,8)9)42-55(70(19,20)21)43-61(63)48-29-25-33-52(37-48)67(10,11)12/h22-44,71-72H,1-21H3. The molecule has 378 valence electrons. The van der Waals surface area contributed by atoms with Crippen LogP contribution in [-0.4, -0.2) is 0 Å². The van der Waals surface area contributed by atoms with Gasteiger partial charge in [-0.3, -0.25) is 0 Å². The fraction of sp³-hybridized carbons (Fsp3) is 0.400. The van der Waals surface area contributed by atoms with Crippen molar-refractivity contribution in [3.8, 4) is 44.5 Å². The van der Waals surface area contributed by atoms with Crippen molar-refractivity contribution in [2.24, 2.45) is 0 Å². The van der Waals surface area contributed by atoms with Gasteiger partial charge >= 0.3 is 0 Å². The Kier molecular flexibility index (Phi) is 14.4. The molecule has 0 saturated heterocycles. The van der Waals surface area contributed by atoms with E-state index in [1.165, 1.54) is 83.5 Å². The van der Waals surface area contributed by atoms with Crippen molar-refractivity contribution < 1.29 is 0 Å². The molecule has 0 aliphatic heterocycles. The molecule has 2 heteroatoms. The van der Waals surface area contributed by atoms with Gasteiger partial charge in [-0.1, -0.05) is 242 Å². The van der Waals surface area contributed by atoms with Crippen LogP contribution in [0.25, 0.3) is 44.5 Å². The maximum absolute atomic E-state index is 4.20. The Labute approximate surface area is 437 Å². The largest absolute Gasteiger partial charge is 0.354 e. The zero-order chi connectivity index (χ0) is 53.1. The fourth-order valence-corrected chi connectivity index (χ4v) is 9.44. The van der Waals surface area contributed by atoms with Crippen molar-refractivity contribution in [3.63, 3.8) is 0 Å². The van der Waals surface area contributed by atoms with E-state index < -0.39 is 0 Å². The quantitative estimate of drug-likeness (QED) is 0.159. The molecule has 0 aliphatic carbocycles. The van der Waals surface area contributed by atoms with Gasteiger partial charge in [0.25, 0.3) is 0 Å². The summed E-state index contributed by atoms with van der Waals surface area (Å²) >= 11 is 0. The van der Waals surface area contributed by atoms with Gasteiger partial charge in [-0.25, -0.2) is 0 Å². The summed E-state index contributed by atoms with van der Waals surface area (Å²) in [4.78, 5) is 0. The van der Waals surface area contributed by atoms with Gasteiger partial charge in [0.15, 0.2) is 0 Å². The second-order valence-corrected chi connectivity index (χ2v) is 28.0. The van der Waals surface area contributed by atoms with E-state index in [0.29, 0.717) is 0 Å². The van der Waals surface area contributed by atoms with Crippen LogP contribution in [-0.2, 0) is 37.9 Å². The Hall–Kier alpha value is -5.86. The van der Waals surface area contributed by atoms with Crippen molar-refractivity contribution >= 4 is 22.7 Å². The van der Waals surface area contributed by atoms with E-state index in [9.17, 15) is 0 Å². The first-order valence-electron chi connectivity index (χ1n) is 26.6. The highest BCUT2D eigenvalue weighted by Gasteiger charge is 2.27. The molecule has 0 heterocycles. The van der Waals surface area contributed by atoms with E-state index in [2.05, 4.69) is 296 Å². The van der Waals surface area contributed by atoms with Crippen LogP contribution in [0.3, 0.4) is 0 Å². The lowest BCUT2D eigenvalue weighted by Crippen LogP contribution is -2.14. The monoisotopic (exact) mass is 957 g/mol. The number of anilines is 4. The number of rotatable bonds is 8. The topological polar surface area (TPSA) is 24.1 Å². The maximum Gasteiger partial charge on any atom is 0.0543 e. The highest BCUT2D eigenvalue weighted by molar-refractivity contribution is 5.96. The van der Waals surface area contributed by atoms with Crippen molar-refractivity contribution in [2.45, 2.75) is 183 Å². The molecular weight excluding hydrogens is 869 g/mol. The lowest BCUT2D eigenvalue weighted by atomic mass is 9.80. The van der Waals surface area contributed by atoms with Crippen LogP contribution in [0.4, 0.5) is 22.7 Å². The van der Waals surface area contributed by atoms with E-state index in [4.69, 9.17) is 0 Å². The van der Waals surface area contributed by atoms with Crippen LogP contribution in [0, 0.1) is 0 Å². The summed E-state index contributed by atoms with van der Waals surface area (Å²) < 4.78 is 0. The minimum absolute atomic E-state index is 0.0123. The molecule has 0 unspecified atom stereocenters. The molecule has 2 nitrogen and oxygen atoms in total. The molecule has 0 amide bonds. The van der Waals surface area contributed by atoms with Gasteiger partial charge in [0.1, 0.15) is 0 Å². The zero-order valence-electron chi connectivity index (χ0n) is 48.3. The molecular formula is C70H88N2. The van der Waals surface area contributed by atoms with E-state index in [1.807, 2.05) is 0 Å². The van der Waals surface area contributed by atoms with Crippen LogP contribution in [0.1, 0.15) is 184 Å². The van der Waals surface area contributed by atoms with Gasteiger partial charge < -0.3 is 10.6 Å². The minimum atomic E-state index is -0.151. The second kappa shape index (κ2) is 19.2. The molecule has 7 aromatic carbocycles. The number of nitrogens with one attached hydrogen (secondary N) is 2. The summed E-state index contributed by atoms with van der Waals surface area (Å²) in [5.74, 6) is 0. The third kappa shape index (κ3) is 12.3. The summed E-state index contributed by atoms with van der Waals surface area (Å²) in [5, 5.41) is 8.40. The van der Waals surface area contributed by atoms with Crippen LogP contribution >= 0.6 is 0 Å². The van der Waals surface area contributed by atoms with E-state index in [1.54, 1.807) is 0 Å². The normalized spacial score (nSPS) is 13.1. The first-order valence-corrected chi connectivity index (χ1v) is 26.6. The molecule has 0 fully saturated rings. The number of hydrogen-bond donors (Lipinski definition) is 2. The third-order valence-electron chi connectivity index (χ3n) is 14.5. The molecule has 0 atom stereocenters. The van der Waals surface area contributed by atoms with E-state index in [0.717, 1.165) is 22.7 Å². The van der Waals surface area contributed by atoms with Crippen molar-refractivity contribution in [1.29, 1.82) is 0 Å². The van der Waals surface area contributed by atoms with Gasteiger partial charge in [0.05, 0.1) is 11.4 Å². The van der Waals surface area contributed by atoms with Gasteiger partial charge in [0, 0.05) is 33.6 Å². The van der Waals surface area contributed by atoms with E-state index >= 15 is 0 Å². The SMILES string of the molecule is CC(C)(C)c1cc(Nc2c(-c3cccc(C(C)(C)C)c3)cc(C(C)(C)C)cc2-c2cccc(C(C)(C)C)c2)cc(Nc2c(-c3cccc(C(C)(C)C)c3)cc(C(C)(C)C)cc2-c2cccc(C(C)(C)C)c2)c1. The van der Waals surface area contributed by atoms with Crippen LogP contribution in [0.2, 0.25) is 0 Å². The van der Waals surface area contributed by atoms with Crippen LogP contribution in [0.5, 0.6) is 0 Å². The average Bonchev–Trinajstić information content (AvgIpc) is 3.27. The Balaban J connectivity index is 1.54. The molecule has 0 spiro atoms.